The highest BCUT2D eigenvalue weighted by Gasteiger charge is 2.23. The van der Waals surface area contributed by atoms with Crippen molar-refractivity contribution < 1.29 is 14.3 Å². The largest absolute Gasteiger partial charge is 0.450 e. The number of amides is 1. The van der Waals surface area contributed by atoms with E-state index in [0.717, 1.165) is 32.3 Å². The number of carbonyl (C=O) groups is 1. The number of nitrogens with one attached hydrogen (secondary N) is 1. The molecule has 1 aliphatic rings. The van der Waals surface area contributed by atoms with Gasteiger partial charge in [-0.3, -0.25) is 4.99 Å². The molecule has 1 rings (SSSR count). The van der Waals surface area contributed by atoms with Gasteiger partial charge in [0.15, 0.2) is 5.96 Å². The van der Waals surface area contributed by atoms with E-state index in [1.807, 2.05) is 6.92 Å². The number of likely N-dealkylation sites (tertiary alicyclic amines) is 1. The van der Waals surface area contributed by atoms with Crippen molar-refractivity contribution in [3.8, 4) is 0 Å². The molecule has 0 spiro atoms. The molecule has 0 bridgehead atoms. The molecule has 7 heteroatoms. The quantitative estimate of drug-likeness (QED) is 0.401. The standard InChI is InChI=1S/C15H30N4O3/c1-3-5-11-21-12-8-17-14(16)18-13-6-9-19(10-7-13)15(20)22-4-2/h13H,3-12H2,1-2H3,(H3,16,17,18). The lowest BCUT2D eigenvalue weighted by Crippen LogP contribution is -2.48. The summed E-state index contributed by atoms with van der Waals surface area (Å²) in [5.74, 6) is 0.452. The first-order valence-electron chi connectivity index (χ1n) is 8.23. The van der Waals surface area contributed by atoms with E-state index in [9.17, 15) is 4.79 Å². The fraction of sp³-hybridized carbons (Fsp3) is 0.867. The van der Waals surface area contributed by atoms with Gasteiger partial charge >= 0.3 is 6.09 Å². The molecule has 1 aliphatic heterocycles. The molecule has 22 heavy (non-hydrogen) atoms. The summed E-state index contributed by atoms with van der Waals surface area (Å²) >= 11 is 0. The first-order valence-corrected chi connectivity index (χ1v) is 8.23. The van der Waals surface area contributed by atoms with Gasteiger partial charge in [0, 0.05) is 25.7 Å². The van der Waals surface area contributed by atoms with Crippen LogP contribution in [0.5, 0.6) is 0 Å². The number of nitrogens with two attached hydrogens (primary N) is 1. The summed E-state index contributed by atoms with van der Waals surface area (Å²) in [7, 11) is 0. The number of hydrogen-bond donors (Lipinski definition) is 2. The number of unbranched alkanes of at least 4 members (excludes halogenated alkanes) is 1. The van der Waals surface area contributed by atoms with E-state index in [2.05, 4.69) is 17.2 Å². The van der Waals surface area contributed by atoms with Crippen LogP contribution >= 0.6 is 0 Å². The van der Waals surface area contributed by atoms with Crippen molar-refractivity contribution in [2.75, 3.05) is 39.5 Å². The highest BCUT2D eigenvalue weighted by Crippen LogP contribution is 2.11. The molecule has 0 aromatic rings. The molecule has 1 fully saturated rings. The molecular weight excluding hydrogens is 284 g/mol. The number of hydrogen-bond acceptors (Lipinski definition) is 4. The van der Waals surface area contributed by atoms with Crippen molar-refractivity contribution in [1.82, 2.24) is 10.2 Å². The minimum absolute atomic E-state index is 0.230. The van der Waals surface area contributed by atoms with Gasteiger partial charge in [0.2, 0.25) is 0 Å². The molecular formula is C15H30N4O3. The van der Waals surface area contributed by atoms with Crippen LogP contribution in [0.3, 0.4) is 0 Å². The van der Waals surface area contributed by atoms with Crippen LogP contribution in [-0.4, -0.2) is 62.4 Å². The highest BCUT2D eigenvalue weighted by atomic mass is 16.6. The summed E-state index contributed by atoms with van der Waals surface area (Å²) in [6, 6.07) is 0.260. The molecule has 128 valence electrons. The number of aliphatic imine (C=N–C) groups is 1. The number of ether oxygens (including phenoxy) is 2. The van der Waals surface area contributed by atoms with Crippen LogP contribution in [0.1, 0.15) is 39.5 Å². The normalized spacial score (nSPS) is 16.6. The van der Waals surface area contributed by atoms with Crippen LogP contribution in [0, 0.1) is 0 Å². The monoisotopic (exact) mass is 314 g/mol. The molecule has 3 N–H and O–H groups in total. The average Bonchev–Trinajstić information content (AvgIpc) is 2.51. The van der Waals surface area contributed by atoms with Crippen molar-refractivity contribution in [2.24, 2.45) is 10.7 Å². The second kappa shape index (κ2) is 11.1. The molecule has 7 nitrogen and oxygen atoms in total. The van der Waals surface area contributed by atoms with Gasteiger partial charge < -0.3 is 25.4 Å². The van der Waals surface area contributed by atoms with Crippen LogP contribution in [0.2, 0.25) is 0 Å². The summed E-state index contributed by atoms with van der Waals surface area (Å²) in [6.07, 6.45) is 3.68. The maximum absolute atomic E-state index is 11.6. The van der Waals surface area contributed by atoms with Gasteiger partial charge in [-0.15, -0.1) is 0 Å². The Morgan fingerprint density at radius 2 is 2.05 bits per heavy atom. The predicted molar refractivity (Wildman–Crippen MR) is 87.0 cm³/mol. The number of carbonyl (C=O) groups excluding carboxylic acids is 1. The average molecular weight is 314 g/mol. The summed E-state index contributed by atoms with van der Waals surface area (Å²) in [4.78, 5) is 17.6. The van der Waals surface area contributed by atoms with Crippen molar-refractivity contribution in [1.29, 1.82) is 0 Å². The van der Waals surface area contributed by atoms with Crippen molar-refractivity contribution in [2.45, 2.75) is 45.6 Å². The van der Waals surface area contributed by atoms with Gasteiger partial charge in [0.25, 0.3) is 0 Å². The Morgan fingerprint density at radius 1 is 1.32 bits per heavy atom. The number of guanidine groups is 1. The highest BCUT2D eigenvalue weighted by molar-refractivity contribution is 5.78. The summed E-state index contributed by atoms with van der Waals surface area (Å²) in [5, 5.41) is 3.21. The van der Waals surface area contributed by atoms with Gasteiger partial charge in [-0.1, -0.05) is 13.3 Å². The minimum atomic E-state index is -0.230. The maximum atomic E-state index is 11.6. The third kappa shape index (κ3) is 7.49. The molecule has 0 aliphatic carbocycles. The Morgan fingerprint density at radius 3 is 2.68 bits per heavy atom. The third-order valence-electron chi connectivity index (χ3n) is 3.53. The van der Waals surface area contributed by atoms with Crippen molar-refractivity contribution >= 4 is 12.1 Å². The van der Waals surface area contributed by atoms with E-state index in [0.29, 0.717) is 38.8 Å². The van der Waals surface area contributed by atoms with Crippen LogP contribution in [0.25, 0.3) is 0 Å². The molecule has 0 aromatic heterocycles. The Kier molecular flexibility index (Phi) is 9.37. The number of piperidine rings is 1. The lowest BCUT2D eigenvalue weighted by Gasteiger charge is -2.31. The van der Waals surface area contributed by atoms with E-state index in [-0.39, 0.29) is 12.1 Å². The molecule has 1 saturated heterocycles. The van der Waals surface area contributed by atoms with Crippen LogP contribution in [0.15, 0.2) is 4.99 Å². The minimum Gasteiger partial charge on any atom is -0.450 e. The SMILES string of the molecule is CCCCOCCN=C(N)NC1CCN(C(=O)OCC)CC1. The van der Waals surface area contributed by atoms with Crippen LogP contribution in [-0.2, 0) is 9.47 Å². The van der Waals surface area contributed by atoms with Crippen LogP contribution in [0.4, 0.5) is 4.79 Å². The van der Waals surface area contributed by atoms with Gasteiger partial charge in [0.05, 0.1) is 19.8 Å². The Hall–Kier alpha value is -1.50. The zero-order valence-electron chi connectivity index (χ0n) is 13.8. The molecule has 1 heterocycles. The third-order valence-corrected chi connectivity index (χ3v) is 3.53. The topological polar surface area (TPSA) is 89.2 Å². The maximum Gasteiger partial charge on any atom is 0.409 e. The molecule has 0 radical (unpaired) electrons. The van der Waals surface area contributed by atoms with Gasteiger partial charge in [-0.05, 0) is 26.2 Å². The van der Waals surface area contributed by atoms with E-state index >= 15 is 0 Å². The van der Waals surface area contributed by atoms with Gasteiger partial charge in [-0.2, -0.15) is 0 Å². The van der Waals surface area contributed by atoms with E-state index in [1.165, 1.54) is 0 Å². The van der Waals surface area contributed by atoms with Crippen molar-refractivity contribution in [3.05, 3.63) is 0 Å². The number of nitrogens with zero attached hydrogens (tertiary/aromatic N) is 2. The van der Waals surface area contributed by atoms with Gasteiger partial charge in [-0.25, -0.2) is 4.79 Å². The summed E-state index contributed by atoms with van der Waals surface area (Å²) in [6.45, 7) is 7.69. The fourth-order valence-corrected chi connectivity index (χ4v) is 2.26. The lowest BCUT2D eigenvalue weighted by atomic mass is 10.1. The summed E-state index contributed by atoms with van der Waals surface area (Å²) in [5.41, 5.74) is 5.87. The molecule has 1 amide bonds. The first kappa shape index (κ1) is 18.5. The lowest BCUT2D eigenvalue weighted by molar-refractivity contribution is 0.0963. The Labute approximate surface area is 133 Å². The second-order valence-corrected chi connectivity index (χ2v) is 5.34. The predicted octanol–water partition coefficient (Wildman–Crippen LogP) is 1.33. The Balaban J connectivity index is 2.15. The van der Waals surface area contributed by atoms with Crippen LogP contribution < -0.4 is 11.1 Å². The smallest absolute Gasteiger partial charge is 0.409 e. The molecule has 0 unspecified atom stereocenters. The molecule has 0 atom stereocenters. The Bertz CT molecular complexity index is 342. The van der Waals surface area contributed by atoms with Gasteiger partial charge in [0.1, 0.15) is 0 Å². The molecule has 0 aromatic carbocycles. The van der Waals surface area contributed by atoms with E-state index in [4.69, 9.17) is 15.2 Å². The van der Waals surface area contributed by atoms with E-state index in [1.54, 1.807) is 4.90 Å². The second-order valence-electron chi connectivity index (χ2n) is 5.34. The van der Waals surface area contributed by atoms with E-state index < -0.39 is 0 Å². The zero-order chi connectivity index (χ0) is 16.2. The molecule has 0 saturated carbocycles. The fourth-order valence-electron chi connectivity index (χ4n) is 2.26. The first-order chi connectivity index (χ1) is 10.7. The zero-order valence-corrected chi connectivity index (χ0v) is 13.8. The van der Waals surface area contributed by atoms with Crippen molar-refractivity contribution in [3.63, 3.8) is 0 Å². The summed E-state index contributed by atoms with van der Waals surface area (Å²) < 4.78 is 10.4. The number of rotatable bonds is 8.